The Labute approximate surface area is 246 Å². The predicted molar refractivity (Wildman–Crippen MR) is 167 cm³/mol. The molecule has 3 aliphatic heterocycles. The van der Waals surface area contributed by atoms with Crippen LogP contribution in [0.25, 0.3) is 30.4 Å². The van der Waals surface area contributed by atoms with E-state index in [4.69, 9.17) is 0 Å². The maximum Gasteiger partial charge on any atom is 0.303 e. The molecular weight excluding hydrogens is 528 g/mol. The zero-order valence-electron chi connectivity index (χ0n) is 24.9. The Hall–Kier alpha value is -4.20. The Bertz CT molecular complexity index is 1620. The van der Waals surface area contributed by atoms with Crippen LogP contribution in [0.15, 0.2) is 30.6 Å². The molecular formula is C34H42N4O4. The Balaban J connectivity index is 1.75. The lowest BCUT2D eigenvalue weighted by Crippen LogP contribution is -2.29. The summed E-state index contributed by atoms with van der Waals surface area (Å²) in [6, 6.07) is -0.130. The number of H-pyrrole nitrogens is 2. The van der Waals surface area contributed by atoms with Gasteiger partial charge in [0, 0.05) is 75.7 Å². The molecule has 5 heterocycles. The lowest BCUT2D eigenvalue weighted by Gasteiger charge is -2.18. The van der Waals surface area contributed by atoms with Crippen molar-refractivity contribution >= 4 is 42.3 Å². The largest absolute Gasteiger partial charge is 0.481 e. The van der Waals surface area contributed by atoms with Crippen LogP contribution in [-0.2, 0) is 16.0 Å². The number of rotatable bonds is 8. The third kappa shape index (κ3) is 5.38. The molecule has 222 valence electrons. The summed E-state index contributed by atoms with van der Waals surface area (Å²) in [6.07, 6.45) is 13.6. The molecule has 8 nitrogen and oxygen atoms in total. The average molecular weight is 571 g/mol. The van der Waals surface area contributed by atoms with E-state index in [2.05, 4.69) is 78.8 Å². The highest BCUT2D eigenvalue weighted by atomic mass is 16.4. The number of nitrogens with one attached hydrogen (secondary N) is 4. The van der Waals surface area contributed by atoms with Gasteiger partial charge in [-0.3, -0.25) is 9.59 Å². The molecule has 6 unspecified atom stereocenters. The molecule has 0 saturated carbocycles. The third-order valence-corrected chi connectivity index (χ3v) is 9.61. The Morgan fingerprint density at radius 1 is 0.857 bits per heavy atom. The molecule has 8 bridgehead atoms. The zero-order valence-corrected chi connectivity index (χ0v) is 24.9. The summed E-state index contributed by atoms with van der Waals surface area (Å²) in [4.78, 5) is 30.4. The van der Waals surface area contributed by atoms with E-state index in [0.717, 1.165) is 55.7 Å². The number of carboxylic acid groups (broad SMARTS) is 2. The van der Waals surface area contributed by atoms with E-state index in [1.54, 1.807) is 0 Å². The van der Waals surface area contributed by atoms with Gasteiger partial charge in [-0.2, -0.15) is 0 Å². The van der Waals surface area contributed by atoms with Gasteiger partial charge in [-0.1, -0.05) is 32.6 Å². The van der Waals surface area contributed by atoms with E-state index in [9.17, 15) is 19.8 Å². The predicted octanol–water partition coefficient (Wildman–Crippen LogP) is 4.08. The number of hydrogen-bond acceptors (Lipinski definition) is 4. The summed E-state index contributed by atoms with van der Waals surface area (Å²) < 4.78 is 0. The molecule has 42 heavy (non-hydrogen) atoms. The van der Waals surface area contributed by atoms with E-state index in [-0.39, 0.29) is 48.6 Å². The summed E-state index contributed by atoms with van der Waals surface area (Å²) in [5, 5.41) is 28.3. The van der Waals surface area contributed by atoms with Crippen LogP contribution in [0.4, 0.5) is 0 Å². The van der Waals surface area contributed by atoms with E-state index >= 15 is 0 Å². The lowest BCUT2D eigenvalue weighted by molar-refractivity contribution is -0.138. The molecule has 8 heteroatoms. The lowest BCUT2D eigenvalue weighted by atomic mass is 9.86. The second-order valence-electron chi connectivity index (χ2n) is 12.0. The van der Waals surface area contributed by atoms with Crippen molar-refractivity contribution in [3.05, 3.63) is 75.0 Å². The van der Waals surface area contributed by atoms with Crippen LogP contribution in [0.5, 0.6) is 0 Å². The van der Waals surface area contributed by atoms with Gasteiger partial charge in [0.1, 0.15) is 0 Å². The number of hydrogen-bond donors (Lipinski definition) is 6. The highest BCUT2D eigenvalue weighted by Gasteiger charge is 2.37. The number of carbonyl (C=O) groups is 2. The number of fused-ring (bicyclic) bond motifs is 8. The molecule has 3 aliphatic rings. The van der Waals surface area contributed by atoms with Crippen LogP contribution in [-0.4, -0.2) is 44.2 Å². The minimum atomic E-state index is -0.838. The number of aromatic amines is 2. The van der Waals surface area contributed by atoms with Crippen molar-refractivity contribution in [3.63, 3.8) is 0 Å². The SMILES string of the molecule is C=Cc1c2[nH]c(c1C)/C=C1\NC(/C=c3\[nH]/c(c(C)c3CCC(=O)O)=C\C3N/C(=C\2)C(C)C3C=C)C(CCC(=O)O)C1C. The number of allylic oxidation sites excluding steroid dienone is 2. The second kappa shape index (κ2) is 11.6. The minimum absolute atomic E-state index is 0.00340. The van der Waals surface area contributed by atoms with Crippen LogP contribution >= 0.6 is 0 Å². The normalized spacial score (nSPS) is 30.3. The molecule has 2 aromatic heterocycles. The first-order valence-electron chi connectivity index (χ1n) is 14.8. The highest BCUT2D eigenvalue weighted by molar-refractivity contribution is 5.73. The van der Waals surface area contributed by atoms with E-state index in [0.29, 0.717) is 12.8 Å². The molecule has 6 N–H and O–H groups in total. The molecule has 6 atom stereocenters. The fraction of sp³-hybridized carbons (Fsp3) is 0.412. The number of aromatic nitrogens is 2. The summed E-state index contributed by atoms with van der Waals surface area (Å²) in [6.45, 7) is 16.7. The molecule has 5 rings (SSSR count). The molecule has 0 aliphatic carbocycles. The molecule has 0 spiro atoms. The average Bonchev–Trinajstić information content (AvgIpc) is 3.59. The Morgan fingerprint density at radius 2 is 1.50 bits per heavy atom. The van der Waals surface area contributed by atoms with Crippen LogP contribution in [0, 0.1) is 37.5 Å². The molecule has 0 radical (unpaired) electrons. The van der Waals surface area contributed by atoms with Crippen molar-refractivity contribution < 1.29 is 19.8 Å². The van der Waals surface area contributed by atoms with Crippen molar-refractivity contribution in [1.29, 1.82) is 0 Å². The van der Waals surface area contributed by atoms with E-state index < -0.39 is 11.9 Å². The van der Waals surface area contributed by atoms with Gasteiger partial charge in [0.05, 0.1) is 6.04 Å². The van der Waals surface area contributed by atoms with Gasteiger partial charge in [-0.15, -0.1) is 6.58 Å². The number of aliphatic carboxylic acids is 2. The second-order valence-corrected chi connectivity index (χ2v) is 12.0. The Morgan fingerprint density at radius 3 is 2.17 bits per heavy atom. The summed E-state index contributed by atoms with van der Waals surface area (Å²) in [7, 11) is 0. The first-order valence-corrected chi connectivity index (χ1v) is 14.8. The Kier molecular flexibility index (Phi) is 8.08. The van der Waals surface area contributed by atoms with Crippen LogP contribution < -0.4 is 21.3 Å². The summed E-state index contributed by atoms with van der Waals surface area (Å²) >= 11 is 0. The monoisotopic (exact) mass is 570 g/mol. The maximum absolute atomic E-state index is 11.6. The molecule has 2 aromatic rings. The van der Waals surface area contributed by atoms with Gasteiger partial charge in [0.25, 0.3) is 0 Å². The van der Waals surface area contributed by atoms with Crippen molar-refractivity contribution in [2.75, 3.05) is 0 Å². The topological polar surface area (TPSA) is 130 Å². The van der Waals surface area contributed by atoms with Crippen molar-refractivity contribution in [3.8, 4) is 0 Å². The highest BCUT2D eigenvalue weighted by Crippen LogP contribution is 2.37. The van der Waals surface area contributed by atoms with E-state index in [1.807, 2.05) is 19.1 Å². The molecule has 0 aromatic carbocycles. The molecule has 2 fully saturated rings. The first-order chi connectivity index (χ1) is 20.0. The van der Waals surface area contributed by atoms with Crippen molar-refractivity contribution in [1.82, 2.24) is 20.6 Å². The van der Waals surface area contributed by atoms with Crippen LogP contribution in [0.2, 0.25) is 0 Å². The smallest absolute Gasteiger partial charge is 0.303 e. The van der Waals surface area contributed by atoms with E-state index in [1.165, 1.54) is 0 Å². The van der Waals surface area contributed by atoms with Crippen molar-refractivity contribution in [2.45, 2.75) is 65.5 Å². The van der Waals surface area contributed by atoms with Crippen LogP contribution in [0.1, 0.15) is 66.8 Å². The van der Waals surface area contributed by atoms with Gasteiger partial charge in [-0.05, 0) is 73.6 Å². The van der Waals surface area contributed by atoms with Gasteiger partial charge >= 0.3 is 11.9 Å². The molecule has 2 saturated heterocycles. The maximum atomic E-state index is 11.6. The fourth-order valence-electron chi connectivity index (χ4n) is 7.03. The van der Waals surface area contributed by atoms with Gasteiger partial charge in [0.2, 0.25) is 0 Å². The van der Waals surface area contributed by atoms with Gasteiger partial charge < -0.3 is 30.8 Å². The summed E-state index contributed by atoms with van der Waals surface area (Å²) in [5.74, 6) is -1.14. The van der Waals surface area contributed by atoms with Crippen molar-refractivity contribution in [2.24, 2.45) is 23.7 Å². The zero-order chi connectivity index (χ0) is 30.3. The summed E-state index contributed by atoms with van der Waals surface area (Å²) in [5.41, 5.74) is 8.30. The minimum Gasteiger partial charge on any atom is -0.481 e. The quantitative estimate of drug-likeness (QED) is 0.265. The number of carboxylic acids is 2. The van der Waals surface area contributed by atoms with Crippen LogP contribution in [0.3, 0.4) is 0 Å². The molecule has 0 amide bonds. The third-order valence-electron chi connectivity index (χ3n) is 9.61. The fourth-order valence-corrected chi connectivity index (χ4v) is 7.03. The first kappa shape index (κ1) is 29.3. The van der Waals surface area contributed by atoms with Gasteiger partial charge in [-0.25, -0.2) is 0 Å². The standard InChI is InChI=1S/C34H42N4O4/c1-7-21-17(3)25-13-26-19(5)23(9-11-33(39)40)31(37-26)16-32-24(10-12-34(41)42)20(6)28(38-32)15-30-22(8-2)18(4)27(36-30)14-29(21)35-25/h7-8,13-16,18-19,22-23,30-31,35-38H,1-2,9-12H2,3-6H3,(H,39,40)(H,41,42)/b26-13-,27-14-,28-15-,32-16-. The van der Waals surface area contributed by atoms with Gasteiger partial charge in [0.15, 0.2) is 0 Å².